The first-order valence-corrected chi connectivity index (χ1v) is 4.97. The molecule has 4 nitrogen and oxygen atoms in total. The summed E-state index contributed by atoms with van der Waals surface area (Å²) < 4.78 is 117. The Bertz CT molecular complexity index is 450. The molecule has 0 aliphatic heterocycles. The first kappa shape index (κ1) is 17.5. The number of ether oxygens (including phenoxy) is 1. The number of hydrogen-bond donors (Lipinski definition) is 0. The molecule has 0 aliphatic rings. The SMILES string of the molecule is FCC(F)OC(F)(F)C(F)(C(F)C(F)(F)F)n1cncn1. The molecule has 0 spiro atoms. The first-order valence-electron chi connectivity index (χ1n) is 4.97. The lowest BCUT2D eigenvalue weighted by molar-refractivity contribution is -0.402. The molecule has 0 saturated heterocycles. The largest absolute Gasteiger partial charge is 0.425 e. The average Bonchev–Trinajstić information content (AvgIpc) is 2.88. The van der Waals surface area contributed by atoms with Gasteiger partial charge in [0.25, 0.3) is 6.17 Å². The molecule has 3 unspecified atom stereocenters. The molecule has 13 heteroatoms. The molecule has 0 amide bonds. The number of hydrogen-bond acceptors (Lipinski definition) is 3. The summed E-state index contributed by atoms with van der Waals surface area (Å²) in [6, 6.07) is 0. The van der Waals surface area contributed by atoms with Crippen molar-refractivity contribution in [2.45, 2.75) is 30.6 Å². The van der Waals surface area contributed by atoms with Crippen molar-refractivity contribution in [2.75, 3.05) is 6.67 Å². The third-order valence-corrected chi connectivity index (χ3v) is 2.18. The number of rotatable bonds is 6. The average molecular weight is 331 g/mol. The molecule has 21 heavy (non-hydrogen) atoms. The topological polar surface area (TPSA) is 39.9 Å². The van der Waals surface area contributed by atoms with Gasteiger partial charge in [0.05, 0.1) is 0 Å². The summed E-state index contributed by atoms with van der Waals surface area (Å²) in [5, 5.41) is 2.64. The van der Waals surface area contributed by atoms with Crippen LogP contribution in [0.4, 0.5) is 39.5 Å². The molecule has 0 saturated carbocycles. The highest BCUT2D eigenvalue weighted by Crippen LogP contribution is 2.47. The zero-order valence-electron chi connectivity index (χ0n) is 9.67. The highest BCUT2D eigenvalue weighted by Gasteiger charge is 2.72. The summed E-state index contributed by atoms with van der Waals surface area (Å²) in [5.74, 6) is -5.32. The van der Waals surface area contributed by atoms with Gasteiger partial charge in [-0.15, -0.1) is 0 Å². The van der Waals surface area contributed by atoms with E-state index in [-0.39, 0.29) is 6.33 Å². The maximum absolute atomic E-state index is 14.1. The van der Waals surface area contributed by atoms with Crippen LogP contribution in [0, 0.1) is 0 Å². The van der Waals surface area contributed by atoms with Crippen LogP contribution in [0.2, 0.25) is 0 Å². The second kappa shape index (κ2) is 5.69. The standard InChI is InChI=1S/C8H6F9N3O/c9-1-4(10)21-8(16,17)6(12,5(11)7(13,14)15)20-3-18-2-19-20/h2-5H,1H2. The van der Waals surface area contributed by atoms with Gasteiger partial charge in [0.1, 0.15) is 19.3 Å². The molecule has 0 fully saturated rings. The Morgan fingerprint density at radius 3 is 2.05 bits per heavy atom. The molecule has 0 aromatic carbocycles. The van der Waals surface area contributed by atoms with E-state index in [0.717, 1.165) is 0 Å². The highest BCUT2D eigenvalue weighted by molar-refractivity contribution is 4.94. The quantitative estimate of drug-likeness (QED) is 0.753. The molecule has 0 bridgehead atoms. The lowest BCUT2D eigenvalue weighted by Gasteiger charge is -2.35. The van der Waals surface area contributed by atoms with E-state index in [0.29, 0.717) is 6.33 Å². The number of alkyl halides is 9. The van der Waals surface area contributed by atoms with Gasteiger partial charge in [-0.3, -0.25) is 4.74 Å². The summed E-state index contributed by atoms with van der Waals surface area (Å²) >= 11 is 0. The maximum Gasteiger partial charge on any atom is 0.425 e. The summed E-state index contributed by atoms with van der Waals surface area (Å²) in [6.45, 7) is -2.22. The van der Waals surface area contributed by atoms with Crippen LogP contribution in [0.25, 0.3) is 0 Å². The number of nitrogens with zero attached hydrogens (tertiary/aromatic N) is 3. The zero-order chi connectivity index (χ0) is 16.5. The molecular formula is C8H6F9N3O. The van der Waals surface area contributed by atoms with Crippen molar-refractivity contribution in [2.24, 2.45) is 0 Å². The lowest BCUT2D eigenvalue weighted by Crippen LogP contribution is -2.60. The van der Waals surface area contributed by atoms with Gasteiger partial charge in [-0.2, -0.15) is 27.1 Å². The van der Waals surface area contributed by atoms with Gasteiger partial charge in [-0.25, -0.2) is 27.2 Å². The van der Waals surface area contributed by atoms with Crippen molar-refractivity contribution in [3.8, 4) is 0 Å². The Labute approximate surface area is 110 Å². The van der Waals surface area contributed by atoms with Gasteiger partial charge in [0.2, 0.25) is 6.36 Å². The van der Waals surface area contributed by atoms with Crippen LogP contribution in [0.3, 0.4) is 0 Å². The summed E-state index contributed by atoms with van der Waals surface area (Å²) in [5.41, 5.74) is 0. The summed E-state index contributed by atoms with van der Waals surface area (Å²) in [6.07, 6.45) is -19.8. The zero-order valence-corrected chi connectivity index (χ0v) is 9.67. The van der Waals surface area contributed by atoms with Crippen LogP contribution in [-0.4, -0.2) is 46.3 Å². The van der Waals surface area contributed by atoms with Crippen LogP contribution in [-0.2, 0) is 10.5 Å². The fraction of sp³-hybridized carbons (Fsp3) is 0.750. The maximum atomic E-state index is 14.1. The van der Waals surface area contributed by atoms with Crippen LogP contribution in [0.1, 0.15) is 0 Å². The van der Waals surface area contributed by atoms with Crippen LogP contribution in [0.15, 0.2) is 12.7 Å². The van der Waals surface area contributed by atoms with Gasteiger partial charge in [-0.05, 0) is 0 Å². The minimum Gasteiger partial charge on any atom is -0.279 e. The first-order chi connectivity index (χ1) is 9.46. The highest BCUT2D eigenvalue weighted by atomic mass is 19.4. The molecule has 122 valence electrons. The van der Waals surface area contributed by atoms with Gasteiger partial charge in [0.15, 0.2) is 0 Å². The predicted octanol–water partition coefficient (Wildman–Crippen LogP) is 2.68. The van der Waals surface area contributed by atoms with Gasteiger partial charge in [0, 0.05) is 0 Å². The molecule has 1 aromatic rings. The molecule has 0 aliphatic carbocycles. The monoisotopic (exact) mass is 331 g/mol. The Balaban J connectivity index is 3.32. The molecule has 1 heterocycles. The van der Waals surface area contributed by atoms with Crippen molar-refractivity contribution in [1.29, 1.82) is 0 Å². The summed E-state index contributed by atoms with van der Waals surface area (Å²) in [7, 11) is 0. The van der Waals surface area contributed by atoms with E-state index in [9.17, 15) is 39.5 Å². The molecule has 1 rings (SSSR count). The van der Waals surface area contributed by atoms with E-state index in [1.807, 2.05) is 0 Å². The fourth-order valence-corrected chi connectivity index (χ4v) is 1.26. The Morgan fingerprint density at radius 1 is 1.10 bits per heavy atom. The Kier molecular flexibility index (Phi) is 4.75. The van der Waals surface area contributed by atoms with Gasteiger partial charge >= 0.3 is 18.1 Å². The van der Waals surface area contributed by atoms with E-state index in [1.165, 1.54) is 0 Å². The minimum absolute atomic E-state index is 0.00171. The number of halogens is 9. The third kappa shape index (κ3) is 3.22. The van der Waals surface area contributed by atoms with Crippen LogP contribution in [0.5, 0.6) is 0 Å². The van der Waals surface area contributed by atoms with E-state index in [4.69, 9.17) is 0 Å². The molecule has 1 aromatic heterocycles. The second-order valence-corrected chi connectivity index (χ2v) is 3.62. The van der Waals surface area contributed by atoms with E-state index < -0.39 is 42.0 Å². The molecule has 0 radical (unpaired) electrons. The molecular weight excluding hydrogens is 325 g/mol. The second-order valence-electron chi connectivity index (χ2n) is 3.62. The van der Waals surface area contributed by atoms with Crippen molar-refractivity contribution < 1.29 is 44.3 Å². The smallest absolute Gasteiger partial charge is 0.279 e. The number of aromatic nitrogens is 3. The van der Waals surface area contributed by atoms with Gasteiger partial charge in [-0.1, -0.05) is 0 Å². The van der Waals surface area contributed by atoms with E-state index >= 15 is 0 Å². The van der Waals surface area contributed by atoms with Crippen LogP contribution < -0.4 is 0 Å². The fourth-order valence-electron chi connectivity index (χ4n) is 1.26. The Hall–Kier alpha value is -1.53. The molecule has 0 N–H and O–H groups in total. The third-order valence-electron chi connectivity index (χ3n) is 2.18. The predicted molar refractivity (Wildman–Crippen MR) is 47.0 cm³/mol. The van der Waals surface area contributed by atoms with Crippen molar-refractivity contribution in [1.82, 2.24) is 14.8 Å². The van der Waals surface area contributed by atoms with E-state index in [1.54, 1.807) is 0 Å². The van der Waals surface area contributed by atoms with E-state index in [2.05, 4.69) is 14.8 Å². The van der Waals surface area contributed by atoms with Crippen LogP contribution >= 0.6 is 0 Å². The molecule has 3 atom stereocenters. The normalized spacial score (nSPS) is 19.1. The van der Waals surface area contributed by atoms with Crippen molar-refractivity contribution in [3.63, 3.8) is 0 Å². The summed E-state index contributed by atoms with van der Waals surface area (Å²) in [4.78, 5) is 2.89. The lowest BCUT2D eigenvalue weighted by atomic mass is 10.1. The van der Waals surface area contributed by atoms with Crippen molar-refractivity contribution >= 4 is 0 Å². The van der Waals surface area contributed by atoms with Gasteiger partial charge < -0.3 is 0 Å². The minimum atomic E-state index is -6.10. The Morgan fingerprint density at radius 2 is 1.67 bits per heavy atom. The van der Waals surface area contributed by atoms with Crippen molar-refractivity contribution in [3.05, 3.63) is 12.7 Å².